The lowest BCUT2D eigenvalue weighted by molar-refractivity contribution is 1.13. The Morgan fingerprint density at radius 3 is 2.89 bits per heavy atom. The van der Waals surface area contributed by atoms with Gasteiger partial charge in [-0.25, -0.2) is 9.97 Å². The Labute approximate surface area is 57.9 Å². The summed E-state index contributed by atoms with van der Waals surface area (Å²) in [6.45, 7) is 0. The second-order valence-corrected chi connectivity index (χ2v) is 1.83. The highest BCUT2D eigenvalue weighted by atomic mass is 35.5. The quantitative estimate of drug-likeness (QED) is 0.592. The van der Waals surface area contributed by atoms with Crippen molar-refractivity contribution >= 4 is 17.4 Å². The molecule has 1 aromatic rings. The molecule has 2 N–H and O–H groups in total. The van der Waals surface area contributed by atoms with Crippen LogP contribution in [0.3, 0.4) is 0 Å². The van der Waals surface area contributed by atoms with Crippen LogP contribution in [-0.4, -0.2) is 9.97 Å². The standard InChI is InChI=1S/C5H6ClN3/c6-1-4-2-8-3-9-5(4)7/h2-3H,1H2,(H2,7,8,9). The van der Waals surface area contributed by atoms with E-state index in [-0.39, 0.29) is 0 Å². The predicted molar refractivity (Wildman–Crippen MR) is 36.0 cm³/mol. The predicted octanol–water partition coefficient (Wildman–Crippen LogP) is 0.798. The maximum absolute atomic E-state index is 5.47. The highest BCUT2D eigenvalue weighted by molar-refractivity contribution is 6.17. The Bertz CT molecular complexity index is 201. The zero-order valence-corrected chi connectivity index (χ0v) is 5.47. The molecule has 1 heterocycles. The Hall–Kier alpha value is -0.830. The molecule has 0 aliphatic rings. The molecular weight excluding hydrogens is 138 g/mol. The van der Waals surface area contributed by atoms with E-state index in [4.69, 9.17) is 17.3 Å². The van der Waals surface area contributed by atoms with E-state index in [9.17, 15) is 0 Å². The van der Waals surface area contributed by atoms with Crippen molar-refractivity contribution in [1.82, 2.24) is 9.97 Å². The summed E-state index contributed by atoms with van der Waals surface area (Å²) in [4.78, 5) is 7.47. The highest BCUT2D eigenvalue weighted by Gasteiger charge is 1.94. The second kappa shape index (κ2) is 2.64. The number of nitrogens with two attached hydrogens (primary N) is 1. The molecule has 0 atom stereocenters. The molecule has 0 bridgehead atoms. The lowest BCUT2D eigenvalue weighted by Crippen LogP contribution is -1.95. The molecule has 0 saturated heterocycles. The van der Waals surface area contributed by atoms with Crippen molar-refractivity contribution in [3.63, 3.8) is 0 Å². The van der Waals surface area contributed by atoms with Crippen molar-refractivity contribution in [2.45, 2.75) is 5.88 Å². The van der Waals surface area contributed by atoms with E-state index in [1.54, 1.807) is 6.20 Å². The van der Waals surface area contributed by atoms with Crippen LogP contribution in [0.2, 0.25) is 0 Å². The molecule has 9 heavy (non-hydrogen) atoms. The van der Waals surface area contributed by atoms with Crippen LogP contribution < -0.4 is 5.73 Å². The molecule has 3 nitrogen and oxygen atoms in total. The smallest absolute Gasteiger partial charge is 0.131 e. The first kappa shape index (κ1) is 6.29. The lowest BCUT2D eigenvalue weighted by Gasteiger charge is -1.95. The van der Waals surface area contributed by atoms with Crippen molar-refractivity contribution < 1.29 is 0 Å². The van der Waals surface area contributed by atoms with E-state index in [1.165, 1.54) is 6.33 Å². The van der Waals surface area contributed by atoms with Gasteiger partial charge in [-0.15, -0.1) is 11.6 Å². The first-order valence-electron chi connectivity index (χ1n) is 2.45. The fourth-order valence-electron chi connectivity index (χ4n) is 0.471. The molecular formula is C5H6ClN3. The van der Waals surface area contributed by atoms with Crippen LogP contribution >= 0.6 is 11.6 Å². The largest absolute Gasteiger partial charge is 0.383 e. The third-order valence-electron chi connectivity index (χ3n) is 0.967. The maximum Gasteiger partial charge on any atom is 0.131 e. The van der Waals surface area contributed by atoms with E-state index in [0.29, 0.717) is 11.7 Å². The van der Waals surface area contributed by atoms with Gasteiger partial charge in [0.05, 0.1) is 5.88 Å². The molecule has 0 aromatic carbocycles. The SMILES string of the molecule is Nc1ncncc1CCl. The molecule has 0 aliphatic heterocycles. The van der Waals surface area contributed by atoms with Crippen LogP contribution in [-0.2, 0) is 5.88 Å². The summed E-state index contributed by atoms with van der Waals surface area (Å²) in [6.07, 6.45) is 3.00. The Balaban J connectivity index is 3.01. The number of rotatable bonds is 1. The van der Waals surface area contributed by atoms with Gasteiger partial charge < -0.3 is 5.73 Å². The monoisotopic (exact) mass is 143 g/mol. The summed E-state index contributed by atoms with van der Waals surface area (Å²) in [5.41, 5.74) is 6.17. The van der Waals surface area contributed by atoms with Crippen molar-refractivity contribution in [3.05, 3.63) is 18.1 Å². The minimum atomic E-state index is 0.368. The van der Waals surface area contributed by atoms with Crippen LogP contribution in [0.5, 0.6) is 0 Å². The lowest BCUT2D eigenvalue weighted by atomic mass is 10.4. The fraction of sp³-hybridized carbons (Fsp3) is 0.200. The van der Waals surface area contributed by atoms with Gasteiger partial charge in [0.2, 0.25) is 0 Å². The van der Waals surface area contributed by atoms with Crippen LogP contribution in [0.1, 0.15) is 5.56 Å². The zero-order chi connectivity index (χ0) is 6.69. The summed E-state index contributed by atoms with van der Waals surface area (Å²) in [5, 5.41) is 0. The zero-order valence-electron chi connectivity index (χ0n) is 4.71. The molecule has 0 saturated carbocycles. The number of nitrogens with zero attached hydrogens (tertiary/aromatic N) is 2. The average Bonchev–Trinajstić information content (AvgIpc) is 1.89. The van der Waals surface area contributed by atoms with Gasteiger partial charge in [-0.3, -0.25) is 0 Å². The van der Waals surface area contributed by atoms with E-state index >= 15 is 0 Å². The second-order valence-electron chi connectivity index (χ2n) is 1.57. The van der Waals surface area contributed by atoms with Crippen molar-refractivity contribution in [2.24, 2.45) is 0 Å². The van der Waals surface area contributed by atoms with Gasteiger partial charge >= 0.3 is 0 Å². The van der Waals surface area contributed by atoms with Gasteiger partial charge in [0.15, 0.2) is 0 Å². The molecule has 1 rings (SSSR count). The minimum absolute atomic E-state index is 0.368. The Morgan fingerprint density at radius 1 is 1.67 bits per heavy atom. The summed E-state index contributed by atoms with van der Waals surface area (Å²) in [7, 11) is 0. The highest BCUT2D eigenvalue weighted by Crippen LogP contribution is 2.06. The molecule has 4 heteroatoms. The molecule has 1 aromatic heterocycles. The topological polar surface area (TPSA) is 51.8 Å². The average molecular weight is 144 g/mol. The van der Waals surface area contributed by atoms with Gasteiger partial charge in [-0.1, -0.05) is 0 Å². The minimum Gasteiger partial charge on any atom is -0.383 e. The molecule has 0 radical (unpaired) electrons. The van der Waals surface area contributed by atoms with Crippen LogP contribution in [0.25, 0.3) is 0 Å². The summed E-state index contributed by atoms with van der Waals surface area (Å²) < 4.78 is 0. The Morgan fingerprint density at radius 2 is 2.44 bits per heavy atom. The third-order valence-corrected chi connectivity index (χ3v) is 1.25. The maximum atomic E-state index is 5.47. The van der Waals surface area contributed by atoms with Crippen LogP contribution in [0.4, 0.5) is 5.82 Å². The number of halogens is 1. The van der Waals surface area contributed by atoms with Crippen LogP contribution in [0, 0.1) is 0 Å². The Kier molecular flexibility index (Phi) is 1.85. The molecule has 0 spiro atoms. The van der Waals surface area contributed by atoms with Crippen LogP contribution in [0.15, 0.2) is 12.5 Å². The molecule has 0 aliphatic carbocycles. The van der Waals surface area contributed by atoms with E-state index in [1.807, 2.05) is 0 Å². The molecule has 0 fully saturated rings. The summed E-state index contributed by atoms with van der Waals surface area (Å²) in [5.74, 6) is 0.826. The molecule has 48 valence electrons. The van der Waals surface area contributed by atoms with Crippen molar-refractivity contribution in [2.75, 3.05) is 5.73 Å². The molecule has 0 unspecified atom stereocenters. The fourth-order valence-corrected chi connectivity index (χ4v) is 0.677. The van der Waals surface area contributed by atoms with Gasteiger partial charge in [0.1, 0.15) is 12.1 Å². The van der Waals surface area contributed by atoms with Gasteiger partial charge in [-0.05, 0) is 0 Å². The van der Waals surface area contributed by atoms with E-state index in [0.717, 1.165) is 5.56 Å². The first-order valence-corrected chi connectivity index (χ1v) is 2.98. The number of alkyl halides is 1. The van der Waals surface area contributed by atoms with E-state index < -0.39 is 0 Å². The van der Waals surface area contributed by atoms with Gasteiger partial charge in [0, 0.05) is 11.8 Å². The molecule has 0 amide bonds. The van der Waals surface area contributed by atoms with Gasteiger partial charge in [-0.2, -0.15) is 0 Å². The number of anilines is 1. The number of hydrogen-bond acceptors (Lipinski definition) is 3. The summed E-state index contributed by atoms with van der Waals surface area (Å²) >= 11 is 5.47. The normalized spacial score (nSPS) is 9.44. The van der Waals surface area contributed by atoms with Crippen molar-refractivity contribution in [3.8, 4) is 0 Å². The first-order chi connectivity index (χ1) is 4.34. The summed E-state index contributed by atoms with van der Waals surface area (Å²) in [6, 6.07) is 0. The number of nitrogen functional groups attached to an aromatic ring is 1. The van der Waals surface area contributed by atoms with Gasteiger partial charge in [0.25, 0.3) is 0 Å². The number of aromatic nitrogens is 2. The van der Waals surface area contributed by atoms with E-state index in [2.05, 4.69) is 9.97 Å². The van der Waals surface area contributed by atoms with Crippen molar-refractivity contribution in [1.29, 1.82) is 0 Å². The number of hydrogen-bond donors (Lipinski definition) is 1. The third kappa shape index (κ3) is 1.29.